The monoisotopic (exact) mass is 294 g/mol. The summed E-state index contributed by atoms with van der Waals surface area (Å²) >= 11 is 0. The first-order chi connectivity index (χ1) is 10.8. The molecule has 1 atom stereocenters. The molecule has 1 saturated heterocycles. The molecule has 0 amide bonds. The number of piperazine rings is 1. The smallest absolute Gasteiger partial charge is 0.159 e. The molecule has 22 heavy (non-hydrogen) atoms. The summed E-state index contributed by atoms with van der Waals surface area (Å²) in [4.78, 5) is 14.0. The summed E-state index contributed by atoms with van der Waals surface area (Å²) < 4.78 is 0. The third kappa shape index (κ3) is 3.26. The third-order valence-electron chi connectivity index (χ3n) is 4.26. The summed E-state index contributed by atoms with van der Waals surface area (Å²) in [6, 6.07) is 18.9. The summed E-state index contributed by atoms with van der Waals surface area (Å²) in [6.45, 7) is 5.73. The second-order valence-electron chi connectivity index (χ2n) is 5.78. The van der Waals surface area contributed by atoms with Gasteiger partial charge in [0.05, 0.1) is 6.04 Å². The van der Waals surface area contributed by atoms with Gasteiger partial charge in [0.25, 0.3) is 0 Å². The number of Topliss-reactive ketones (excluding diaryl/α,β-unsaturated/α-hetero) is 1. The van der Waals surface area contributed by atoms with Crippen molar-refractivity contribution >= 4 is 5.78 Å². The van der Waals surface area contributed by atoms with Crippen molar-refractivity contribution in [2.45, 2.75) is 13.0 Å². The van der Waals surface area contributed by atoms with Gasteiger partial charge in [-0.2, -0.15) is 0 Å². The summed E-state index contributed by atoms with van der Waals surface area (Å²) in [7, 11) is 0. The maximum Gasteiger partial charge on any atom is 0.159 e. The SMILES string of the molecule is CC(=O)c1ccc([C@@H](c2ccccc2)N2CCNCC2)cc1. The van der Waals surface area contributed by atoms with E-state index < -0.39 is 0 Å². The molecular formula is C19H22N2O. The van der Waals surface area contributed by atoms with Crippen LogP contribution in [0.3, 0.4) is 0 Å². The maximum absolute atomic E-state index is 11.5. The average molecular weight is 294 g/mol. The fourth-order valence-corrected chi connectivity index (χ4v) is 3.09. The Morgan fingerprint density at radius 1 is 0.955 bits per heavy atom. The molecule has 0 bridgehead atoms. The van der Waals surface area contributed by atoms with Gasteiger partial charge in [0.1, 0.15) is 0 Å². The van der Waals surface area contributed by atoms with E-state index in [1.54, 1.807) is 6.92 Å². The standard InChI is InChI=1S/C19H22N2O/c1-15(22)16-7-9-18(10-8-16)19(17-5-3-2-4-6-17)21-13-11-20-12-14-21/h2-10,19-20H,11-14H2,1H3/t19-/m1/s1. The Hall–Kier alpha value is -1.97. The number of benzene rings is 2. The largest absolute Gasteiger partial charge is 0.314 e. The van der Waals surface area contributed by atoms with Crippen molar-refractivity contribution in [3.05, 3.63) is 71.3 Å². The molecule has 0 radical (unpaired) electrons. The minimum atomic E-state index is 0.116. The molecular weight excluding hydrogens is 272 g/mol. The molecule has 3 heteroatoms. The number of nitrogens with one attached hydrogen (secondary N) is 1. The normalized spacial score (nSPS) is 17.1. The van der Waals surface area contributed by atoms with Gasteiger partial charge < -0.3 is 5.32 Å². The van der Waals surface area contributed by atoms with Crippen molar-refractivity contribution < 1.29 is 4.79 Å². The first kappa shape index (κ1) is 14.9. The number of hydrogen-bond donors (Lipinski definition) is 1. The fourth-order valence-electron chi connectivity index (χ4n) is 3.09. The Labute approximate surface area is 132 Å². The van der Waals surface area contributed by atoms with Gasteiger partial charge in [-0.1, -0.05) is 54.6 Å². The lowest BCUT2D eigenvalue weighted by Crippen LogP contribution is -2.45. The molecule has 0 aliphatic carbocycles. The minimum absolute atomic E-state index is 0.116. The van der Waals surface area contributed by atoms with Crippen LogP contribution in [0, 0.1) is 0 Å². The number of ketones is 1. The Kier molecular flexibility index (Phi) is 4.66. The molecule has 3 rings (SSSR count). The summed E-state index contributed by atoms with van der Waals surface area (Å²) in [5.41, 5.74) is 3.33. The van der Waals surface area contributed by atoms with Crippen LogP contribution >= 0.6 is 0 Å². The molecule has 0 unspecified atom stereocenters. The van der Waals surface area contributed by atoms with E-state index in [0.29, 0.717) is 0 Å². The summed E-state index contributed by atoms with van der Waals surface area (Å²) in [5.74, 6) is 0.116. The quantitative estimate of drug-likeness (QED) is 0.880. The third-order valence-corrected chi connectivity index (χ3v) is 4.26. The molecule has 1 aliphatic rings. The van der Waals surface area contributed by atoms with Crippen molar-refractivity contribution in [3.63, 3.8) is 0 Å². The Bertz CT molecular complexity index is 616. The van der Waals surface area contributed by atoms with Crippen LogP contribution < -0.4 is 5.32 Å². The van der Waals surface area contributed by atoms with Gasteiger partial charge in [0.15, 0.2) is 5.78 Å². The highest BCUT2D eigenvalue weighted by Crippen LogP contribution is 2.29. The van der Waals surface area contributed by atoms with Gasteiger partial charge >= 0.3 is 0 Å². The van der Waals surface area contributed by atoms with Crippen molar-refractivity contribution in [3.8, 4) is 0 Å². The highest BCUT2D eigenvalue weighted by Gasteiger charge is 2.23. The molecule has 1 fully saturated rings. The van der Waals surface area contributed by atoms with E-state index in [4.69, 9.17) is 0 Å². The molecule has 114 valence electrons. The van der Waals surface area contributed by atoms with Gasteiger partial charge in [-0.3, -0.25) is 9.69 Å². The highest BCUT2D eigenvalue weighted by molar-refractivity contribution is 5.94. The zero-order valence-electron chi connectivity index (χ0n) is 13.0. The Morgan fingerprint density at radius 2 is 1.55 bits per heavy atom. The number of nitrogens with zero attached hydrogens (tertiary/aromatic N) is 1. The maximum atomic E-state index is 11.5. The number of carbonyl (C=O) groups is 1. The molecule has 3 nitrogen and oxygen atoms in total. The van der Waals surface area contributed by atoms with Gasteiger partial charge in [-0.05, 0) is 18.1 Å². The van der Waals surface area contributed by atoms with Crippen LogP contribution in [-0.2, 0) is 0 Å². The summed E-state index contributed by atoms with van der Waals surface area (Å²) in [6.07, 6.45) is 0. The van der Waals surface area contributed by atoms with E-state index in [2.05, 4.69) is 52.7 Å². The van der Waals surface area contributed by atoms with Gasteiger partial charge in [0.2, 0.25) is 0 Å². The van der Waals surface area contributed by atoms with Gasteiger partial charge in [0, 0.05) is 31.7 Å². The van der Waals surface area contributed by atoms with Crippen LogP contribution in [0.2, 0.25) is 0 Å². The molecule has 0 aromatic heterocycles. The molecule has 1 N–H and O–H groups in total. The van der Waals surface area contributed by atoms with Crippen LogP contribution in [0.4, 0.5) is 0 Å². The highest BCUT2D eigenvalue weighted by atomic mass is 16.1. The van der Waals surface area contributed by atoms with Crippen molar-refractivity contribution in [2.75, 3.05) is 26.2 Å². The Balaban J connectivity index is 1.95. The first-order valence-corrected chi connectivity index (χ1v) is 7.86. The van der Waals surface area contributed by atoms with E-state index >= 15 is 0 Å². The number of carbonyl (C=O) groups excluding carboxylic acids is 1. The molecule has 0 saturated carbocycles. The fraction of sp³-hybridized carbons (Fsp3) is 0.316. The lowest BCUT2D eigenvalue weighted by atomic mass is 9.95. The zero-order chi connectivity index (χ0) is 15.4. The predicted molar refractivity (Wildman–Crippen MR) is 89.2 cm³/mol. The van der Waals surface area contributed by atoms with Crippen molar-refractivity contribution in [2.24, 2.45) is 0 Å². The van der Waals surface area contributed by atoms with Gasteiger partial charge in [-0.15, -0.1) is 0 Å². The lowest BCUT2D eigenvalue weighted by Gasteiger charge is -2.35. The molecule has 2 aromatic rings. The molecule has 1 heterocycles. The average Bonchev–Trinajstić information content (AvgIpc) is 2.57. The second kappa shape index (κ2) is 6.86. The lowest BCUT2D eigenvalue weighted by molar-refractivity contribution is 0.101. The topological polar surface area (TPSA) is 32.3 Å². The molecule has 2 aromatic carbocycles. The van der Waals surface area contributed by atoms with Crippen LogP contribution in [0.1, 0.15) is 34.5 Å². The van der Waals surface area contributed by atoms with Crippen LogP contribution in [0.5, 0.6) is 0 Å². The zero-order valence-corrected chi connectivity index (χ0v) is 13.0. The van der Waals surface area contributed by atoms with Gasteiger partial charge in [-0.25, -0.2) is 0 Å². The second-order valence-corrected chi connectivity index (χ2v) is 5.78. The minimum Gasteiger partial charge on any atom is -0.314 e. The van der Waals surface area contributed by atoms with Crippen LogP contribution in [0.25, 0.3) is 0 Å². The molecule has 0 spiro atoms. The Morgan fingerprint density at radius 3 is 2.14 bits per heavy atom. The van der Waals surface area contributed by atoms with E-state index in [-0.39, 0.29) is 11.8 Å². The predicted octanol–water partition coefficient (Wildman–Crippen LogP) is 2.88. The first-order valence-electron chi connectivity index (χ1n) is 7.86. The van der Waals surface area contributed by atoms with E-state index in [1.807, 2.05) is 12.1 Å². The summed E-state index contributed by atoms with van der Waals surface area (Å²) in [5, 5.41) is 3.41. The van der Waals surface area contributed by atoms with Crippen molar-refractivity contribution in [1.82, 2.24) is 10.2 Å². The van der Waals surface area contributed by atoms with Crippen LogP contribution in [-0.4, -0.2) is 36.9 Å². The van der Waals surface area contributed by atoms with E-state index in [9.17, 15) is 4.79 Å². The van der Waals surface area contributed by atoms with Crippen LogP contribution in [0.15, 0.2) is 54.6 Å². The van der Waals surface area contributed by atoms with Crippen molar-refractivity contribution in [1.29, 1.82) is 0 Å². The van der Waals surface area contributed by atoms with E-state index in [0.717, 1.165) is 31.7 Å². The number of hydrogen-bond acceptors (Lipinski definition) is 3. The number of rotatable bonds is 4. The molecule has 1 aliphatic heterocycles. The van der Waals surface area contributed by atoms with E-state index in [1.165, 1.54) is 11.1 Å².